The van der Waals surface area contributed by atoms with Crippen LogP contribution in [0.5, 0.6) is 0 Å². The molecule has 0 aliphatic carbocycles. The van der Waals surface area contributed by atoms with Crippen molar-refractivity contribution in [3.63, 3.8) is 0 Å². The molecule has 166 valence electrons. The van der Waals surface area contributed by atoms with Crippen LogP contribution in [-0.4, -0.2) is 20.2 Å². The van der Waals surface area contributed by atoms with Gasteiger partial charge in [-0.1, -0.05) is 71.8 Å². The second-order valence-electron chi connectivity index (χ2n) is 7.78. The minimum Gasteiger partial charge on any atom is -0.352 e. The molecule has 3 rings (SSSR count). The molecule has 0 aliphatic rings. The van der Waals surface area contributed by atoms with Crippen LogP contribution in [0.3, 0.4) is 0 Å². The first-order valence-electron chi connectivity index (χ1n) is 10.2. The molecule has 0 saturated heterocycles. The van der Waals surface area contributed by atoms with Crippen LogP contribution in [0.15, 0.2) is 77.7 Å². The van der Waals surface area contributed by atoms with Crippen molar-refractivity contribution >= 4 is 21.8 Å². The van der Waals surface area contributed by atoms with Gasteiger partial charge in [0.05, 0.1) is 17.7 Å². The number of carbonyl (C=O) groups excluding carboxylic acids is 2. The predicted octanol–water partition coefficient (Wildman–Crippen LogP) is 3.21. The summed E-state index contributed by atoms with van der Waals surface area (Å²) in [6.07, 6.45) is 0.257. The van der Waals surface area contributed by atoms with Gasteiger partial charge in [-0.15, -0.1) is 0 Å². The topological polar surface area (TPSA) is 92.3 Å². The first kappa shape index (κ1) is 23.2. The molecular weight excluding hydrogens is 424 g/mol. The van der Waals surface area contributed by atoms with Gasteiger partial charge in [-0.05, 0) is 42.7 Å². The normalized spacial score (nSPS) is 11.1. The molecule has 0 spiro atoms. The van der Waals surface area contributed by atoms with Crippen molar-refractivity contribution in [1.82, 2.24) is 10.0 Å². The summed E-state index contributed by atoms with van der Waals surface area (Å²) < 4.78 is 27.1. The van der Waals surface area contributed by atoms with Gasteiger partial charge >= 0.3 is 0 Å². The highest BCUT2D eigenvalue weighted by Gasteiger charge is 2.18. The van der Waals surface area contributed by atoms with Gasteiger partial charge < -0.3 is 5.32 Å². The van der Waals surface area contributed by atoms with Gasteiger partial charge in [0.2, 0.25) is 11.8 Å². The van der Waals surface area contributed by atoms with E-state index in [1.165, 1.54) is 12.1 Å². The van der Waals surface area contributed by atoms with E-state index in [9.17, 15) is 18.0 Å². The Morgan fingerprint density at radius 2 is 1.25 bits per heavy atom. The van der Waals surface area contributed by atoms with Crippen LogP contribution in [0.2, 0.25) is 0 Å². The third kappa shape index (κ3) is 6.78. The standard InChI is InChI=1S/C25H26N2O4S/c1-18-5-3-7-21(13-18)15-24(28)26-17-20-9-11-23(12-10-20)32(30,31)27-25(29)16-22-8-4-6-19(2)14-22/h3-14H,15-17H2,1-2H3,(H,26,28)(H,27,29). The summed E-state index contributed by atoms with van der Waals surface area (Å²) in [5.41, 5.74) is 4.53. The zero-order valence-electron chi connectivity index (χ0n) is 18.1. The summed E-state index contributed by atoms with van der Waals surface area (Å²) in [4.78, 5) is 24.3. The molecule has 3 aromatic carbocycles. The fourth-order valence-corrected chi connectivity index (χ4v) is 4.29. The Morgan fingerprint density at radius 1 is 0.719 bits per heavy atom. The fraction of sp³-hybridized carbons (Fsp3) is 0.200. The molecule has 0 radical (unpaired) electrons. The molecule has 32 heavy (non-hydrogen) atoms. The molecule has 2 amide bonds. The van der Waals surface area contributed by atoms with Gasteiger partial charge in [-0.2, -0.15) is 0 Å². The Morgan fingerprint density at radius 3 is 1.78 bits per heavy atom. The lowest BCUT2D eigenvalue weighted by molar-refractivity contribution is -0.120. The molecular formula is C25H26N2O4S. The number of aryl methyl sites for hydroxylation is 2. The molecule has 0 fully saturated rings. The number of carbonyl (C=O) groups is 2. The quantitative estimate of drug-likeness (QED) is 0.551. The maximum absolute atomic E-state index is 12.5. The zero-order chi connectivity index (χ0) is 23.1. The molecule has 7 heteroatoms. The Kier molecular flexibility index (Phi) is 7.43. The maximum Gasteiger partial charge on any atom is 0.264 e. The smallest absolute Gasteiger partial charge is 0.264 e. The number of sulfonamides is 1. The van der Waals surface area contributed by atoms with E-state index in [0.29, 0.717) is 0 Å². The highest BCUT2D eigenvalue weighted by molar-refractivity contribution is 7.90. The van der Waals surface area contributed by atoms with Crippen LogP contribution in [0.1, 0.15) is 27.8 Å². The average molecular weight is 451 g/mol. The van der Waals surface area contributed by atoms with E-state index in [-0.39, 0.29) is 30.2 Å². The highest BCUT2D eigenvalue weighted by atomic mass is 32.2. The SMILES string of the molecule is Cc1cccc(CC(=O)NCc2ccc(S(=O)(=O)NC(=O)Cc3cccc(C)c3)cc2)c1. The minimum atomic E-state index is -3.97. The molecule has 0 saturated carbocycles. The number of nitrogens with one attached hydrogen (secondary N) is 2. The number of benzene rings is 3. The van der Waals surface area contributed by atoms with E-state index in [0.717, 1.165) is 27.8 Å². The summed E-state index contributed by atoms with van der Waals surface area (Å²) in [7, 11) is -3.97. The van der Waals surface area contributed by atoms with E-state index in [1.54, 1.807) is 18.2 Å². The van der Waals surface area contributed by atoms with E-state index < -0.39 is 15.9 Å². The monoisotopic (exact) mass is 450 g/mol. The van der Waals surface area contributed by atoms with Crippen LogP contribution >= 0.6 is 0 Å². The predicted molar refractivity (Wildman–Crippen MR) is 123 cm³/mol. The lowest BCUT2D eigenvalue weighted by Crippen LogP contribution is -2.31. The van der Waals surface area contributed by atoms with Crippen molar-refractivity contribution in [3.05, 3.63) is 101 Å². The molecule has 0 heterocycles. The summed E-state index contributed by atoms with van der Waals surface area (Å²) in [5.74, 6) is -0.709. The second-order valence-corrected chi connectivity index (χ2v) is 9.46. The molecule has 0 bridgehead atoms. The highest BCUT2D eigenvalue weighted by Crippen LogP contribution is 2.12. The Bertz CT molecular complexity index is 1220. The van der Waals surface area contributed by atoms with Gasteiger partial charge in [0, 0.05) is 6.54 Å². The Balaban J connectivity index is 1.54. The third-order valence-electron chi connectivity index (χ3n) is 4.87. The van der Waals surface area contributed by atoms with Crippen LogP contribution in [0, 0.1) is 13.8 Å². The molecule has 3 aromatic rings. The van der Waals surface area contributed by atoms with Gasteiger partial charge in [0.1, 0.15) is 0 Å². The Labute approximate surface area is 188 Å². The summed E-state index contributed by atoms with van der Waals surface area (Å²) in [6.45, 7) is 4.16. The maximum atomic E-state index is 12.5. The summed E-state index contributed by atoms with van der Waals surface area (Å²) in [6, 6.07) is 21.2. The van der Waals surface area contributed by atoms with Crippen LogP contribution in [0.4, 0.5) is 0 Å². The van der Waals surface area contributed by atoms with Crippen LogP contribution in [-0.2, 0) is 39.0 Å². The fourth-order valence-electron chi connectivity index (χ4n) is 3.31. The molecule has 0 unspecified atom stereocenters. The van der Waals surface area contributed by atoms with Gasteiger partial charge in [-0.25, -0.2) is 13.1 Å². The van der Waals surface area contributed by atoms with E-state index in [2.05, 4.69) is 10.0 Å². The first-order valence-corrected chi connectivity index (χ1v) is 11.7. The van der Waals surface area contributed by atoms with Crippen molar-refractivity contribution in [2.75, 3.05) is 0 Å². The van der Waals surface area contributed by atoms with Crippen molar-refractivity contribution in [3.8, 4) is 0 Å². The number of rotatable bonds is 8. The van der Waals surface area contributed by atoms with Crippen molar-refractivity contribution < 1.29 is 18.0 Å². The zero-order valence-corrected chi connectivity index (χ0v) is 18.9. The first-order chi connectivity index (χ1) is 15.2. The summed E-state index contributed by atoms with van der Waals surface area (Å²) in [5, 5.41) is 2.83. The molecule has 2 N–H and O–H groups in total. The third-order valence-corrected chi connectivity index (χ3v) is 6.26. The molecule has 0 aliphatic heterocycles. The average Bonchev–Trinajstić information content (AvgIpc) is 2.72. The van der Waals surface area contributed by atoms with Crippen molar-refractivity contribution in [1.29, 1.82) is 0 Å². The summed E-state index contributed by atoms with van der Waals surface area (Å²) >= 11 is 0. The minimum absolute atomic E-state index is 0.00932. The number of hydrogen-bond donors (Lipinski definition) is 2. The Hall–Kier alpha value is -3.45. The largest absolute Gasteiger partial charge is 0.352 e. The van der Waals surface area contributed by atoms with Gasteiger partial charge in [0.15, 0.2) is 0 Å². The lowest BCUT2D eigenvalue weighted by Gasteiger charge is -2.09. The lowest BCUT2D eigenvalue weighted by atomic mass is 10.1. The van der Waals surface area contributed by atoms with Crippen LogP contribution in [0.25, 0.3) is 0 Å². The molecule has 0 aromatic heterocycles. The molecule has 0 atom stereocenters. The van der Waals surface area contributed by atoms with Crippen molar-refractivity contribution in [2.24, 2.45) is 0 Å². The number of amides is 2. The molecule has 6 nitrogen and oxygen atoms in total. The van der Waals surface area contributed by atoms with Crippen LogP contribution < -0.4 is 10.0 Å². The van der Waals surface area contributed by atoms with Gasteiger partial charge in [0.25, 0.3) is 10.0 Å². The number of hydrogen-bond acceptors (Lipinski definition) is 4. The van der Waals surface area contributed by atoms with Gasteiger partial charge in [-0.3, -0.25) is 9.59 Å². The van der Waals surface area contributed by atoms with E-state index in [1.807, 2.05) is 56.3 Å². The van der Waals surface area contributed by atoms with E-state index in [4.69, 9.17) is 0 Å². The second kappa shape index (κ2) is 10.2. The van der Waals surface area contributed by atoms with Crippen molar-refractivity contribution in [2.45, 2.75) is 38.1 Å². The van der Waals surface area contributed by atoms with E-state index >= 15 is 0 Å².